The lowest BCUT2D eigenvalue weighted by atomic mass is 10.1. The second kappa shape index (κ2) is 8.43. The number of nitrogens with one attached hydrogen (secondary N) is 1. The summed E-state index contributed by atoms with van der Waals surface area (Å²) in [6.45, 7) is -0.173. The van der Waals surface area contributed by atoms with Gasteiger partial charge in [-0.2, -0.15) is 13.2 Å². The summed E-state index contributed by atoms with van der Waals surface area (Å²) in [6, 6.07) is 13.6. The van der Waals surface area contributed by atoms with E-state index in [1.54, 1.807) is 30.3 Å². The number of alkyl halides is 3. The van der Waals surface area contributed by atoms with Crippen LogP contribution in [0.5, 0.6) is 0 Å². The number of carbonyl (C=O) groups excluding carboxylic acids is 2. The number of fused-ring (bicyclic) bond motifs is 1. The van der Waals surface area contributed by atoms with Crippen LogP contribution in [-0.4, -0.2) is 26.2 Å². The molecular formula is C22H14ClF3N4O2. The van der Waals surface area contributed by atoms with Crippen LogP contribution >= 0.6 is 11.6 Å². The first kappa shape index (κ1) is 21.5. The lowest BCUT2D eigenvalue weighted by Crippen LogP contribution is -2.26. The van der Waals surface area contributed by atoms with Gasteiger partial charge in [0.2, 0.25) is 0 Å². The summed E-state index contributed by atoms with van der Waals surface area (Å²) in [7, 11) is 0. The van der Waals surface area contributed by atoms with Crippen LogP contribution in [0.15, 0.2) is 67.1 Å². The molecule has 0 unspecified atom stereocenters. The molecule has 0 atom stereocenters. The monoisotopic (exact) mass is 458 g/mol. The molecule has 0 aliphatic carbocycles. The van der Waals surface area contributed by atoms with Gasteiger partial charge in [-0.15, -0.1) is 0 Å². The number of benzene rings is 2. The molecule has 2 heterocycles. The van der Waals surface area contributed by atoms with Crippen LogP contribution in [0, 0.1) is 0 Å². The summed E-state index contributed by atoms with van der Waals surface area (Å²) in [5.41, 5.74) is -1.19. The lowest BCUT2D eigenvalue weighted by molar-refractivity contribution is -0.143. The number of aromatic nitrogens is 3. The first-order valence-corrected chi connectivity index (χ1v) is 9.68. The molecule has 10 heteroatoms. The Bertz CT molecular complexity index is 1300. The molecule has 0 saturated carbocycles. The molecule has 162 valence electrons. The molecule has 0 bridgehead atoms. The molecule has 1 amide bonds. The fraction of sp³-hybridized carbons (Fsp3) is 0.0909. The quantitative estimate of drug-likeness (QED) is 0.338. The lowest BCUT2D eigenvalue weighted by Gasteiger charge is -2.15. The van der Waals surface area contributed by atoms with Gasteiger partial charge in [-0.25, -0.2) is 9.97 Å². The molecule has 1 N–H and O–H groups in total. The highest BCUT2D eigenvalue weighted by Crippen LogP contribution is 2.39. The third-order valence-electron chi connectivity index (χ3n) is 4.75. The highest BCUT2D eigenvalue weighted by Gasteiger charge is 2.42. The molecule has 32 heavy (non-hydrogen) atoms. The van der Waals surface area contributed by atoms with Crippen LogP contribution in [0.4, 0.5) is 19.0 Å². The Morgan fingerprint density at radius 1 is 1.03 bits per heavy atom. The molecule has 4 aromatic rings. The molecule has 4 rings (SSSR count). The Balaban J connectivity index is 1.85. The largest absolute Gasteiger partial charge is 0.432 e. The molecule has 0 fully saturated rings. The van der Waals surface area contributed by atoms with Crippen molar-refractivity contribution in [3.05, 3.63) is 89.0 Å². The second-order valence-corrected chi connectivity index (χ2v) is 7.27. The van der Waals surface area contributed by atoms with Gasteiger partial charge in [0.15, 0.2) is 0 Å². The van der Waals surface area contributed by atoms with Crippen molar-refractivity contribution in [1.82, 2.24) is 14.5 Å². The highest BCUT2D eigenvalue weighted by atomic mass is 35.5. The highest BCUT2D eigenvalue weighted by molar-refractivity contribution is 6.48. The smallest absolute Gasteiger partial charge is 0.332 e. The summed E-state index contributed by atoms with van der Waals surface area (Å²) >= 11 is 5.88. The maximum absolute atomic E-state index is 14.2. The number of carbonyl (C=O) groups is 2. The number of anilines is 1. The second-order valence-electron chi connectivity index (χ2n) is 6.83. The fourth-order valence-corrected chi connectivity index (χ4v) is 3.54. The molecule has 0 spiro atoms. The molecule has 6 nitrogen and oxygen atoms in total. The van der Waals surface area contributed by atoms with Gasteiger partial charge in [0.05, 0.1) is 5.56 Å². The SMILES string of the molecule is O=C(Nc1ccncn1)C(=O)c1c(C(F)(F)F)n(Cc2ccc(Cl)cc2)c2ccccc12. The van der Waals surface area contributed by atoms with Gasteiger partial charge in [0.1, 0.15) is 17.8 Å². The number of para-hydroxylation sites is 1. The maximum atomic E-state index is 14.2. The zero-order valence-electron chi connectivity index (χ0n) is 16.2. The van der Waals surface area contributed by atoms with Gasteiger partial charge < -0.3 is 9.88 Å². The Kier molecular flexibility index (Phi) is 5.67. The van der Waals surface area contributed by atoms with Crippen LogP contribution in [0.3, 0.4) is 0 Å². The predicted octanol–water partition coefficient (Wildman–Crippen LogP) is 4.97. The van der Waals surface area contributed by atoms with E-state index < -0.39 is 29.1 Å². The molecule has 0 radical (unpaired) electrons. The summed E-state index contributed by atoms with van der Waals surface area (Å²) in [5, 5.41) is 2.69. The van der Waals surface area contributed by atoms with Crippen molar-refractivity contribution in [3.8, 4) is 0 Å². The van der Waals surface area contributed by atoms with Crippen molar-refractivity contribution in [3.63, 3.8) is 0 Å². The van der Waals surface area contributed by atoms with E-state index in [-0.39, 0.29) is 23.3 Å². The average Bonchev–Trinajstić information content (AvgIpc) is 3.10. The summed E-state index contributed by atoms with van der Waals surface area (Å²) in [6.07, 6.45) is -2.43. The third-order valence-corrected chi connectivity index (χ3v) is 5.00. The van der Waals surface area contributed by atoms with Crippen LogP contribution in [0.2, 0.25) is 5.02 Å². The molecule has 0 saturated heterocycles. The standard InChI is InChI=1S/C22H14ClF3N4O2/c23-14-7-5-13(6-8-14)11-30-16-4-2-1-3-15(16)18(20(30)22(24,25)26)19(31)21(32)29-17-9-10-27-12-28-17/h1-10,12H,11H2,(H,27,28,29,32). The van der Waals surface area contributed by atoms with E-state index in [9.17, 15) is 22.8 Å². The Labute approximate surface area is 184 Å². The summed E-state index contributed by atoms with van der Waals surface area (Å²) < 4.78 is 43.6. The van der Waals surface area contributed by atoms with Crippen molar-refractivity contribution >= 4 is 40.0 Å². The Morgan fingerprint density at radius 3 is 2.41 bits per heavy atom. The average molecular weight is 459 g/mol. The van der Waals surface area contributed by atoms with E-state index in [4.69, 9.17) is 11.6 Å². The van der Waals surface area contributed by atoms with Crippen molar-refractivity contribution in [2.75, 3.05) is 5.32 Å². The van der Waals surface area contributed by atoms with Gasteiger partial charge in [-0.3, -0.25) is 9.59 Å². The number of ketones is 1. The van der Waals surface area contributed by atoms with E-state index in [1.807, 2.05) is 0 Å². The minimum Gasteiger partial charge on any atom is -0.332 e. The first-order valence-electron chi connectivity index (χ1n) is 9.30. The topological polar surface area (TPSA) is 76.9 Å². The minimum atomic E-state index is -4.90. The van der Waals surface area contributed by atoms with E-state index in [1.165, 1.54) is 30.5 Å². The molecule has 0 aliphatic heterocycles. The van der Waals surface area contributed by atoms with Gasteiger partial charge in [-0.1, -0.05) is 41.9 Å². The summed E-state index contributed by atoms with van der Waals surface area (Å²) in [5.74, 6) is -2.55. The third kappa shape index (κ3) is 4.19. The number of amides is 1. The molecule has 2 aromatic carbocycles. The van der Waals surface area contributed by atoms with Crippen molar-refractivity contribution in [2.24, 2.45) is 0 Å². The van der Waals surface area contributed by atoms with Crippen molar-refractivity contribution < 1.29 is 22.8 Å². The molecular weight excluding hydrogens is 445 g/mol. The fourth-order valence-electron chi connectivity index (χ4n) is 3.42. The minimum absolute atomic E-state index is 0.00295. The number of rotatable bonds is 5. The van der Waals surface area contributed by atoms with Gasteiger partial charge in [-0.05, 0) is 29.8 Å². The number of hydrogen-bond acceptors (Lipinski definition) is 4. The van der Waals surface area contributed by atoms with Gasteiger partial charge in [0.25, 0.3) is 11.7 Å². The van der Waals surface area contributed by atoms with E-state index in [2.05, 4.69) is 15.3 Å². The number of nitrogens with zero attached hydrogens (tertiary/aromatic N) is 3. The van der Waals surface area contributed by atoms with E-state index in [0.29, 0.717) is 10.6 Å². The van der Waals surface area contributed by atoms with E-state index >= 15 is 0 Å². The van der Waals surface area contributed by atoms with Crippen LogP contribution in [0.25, 0.3) is 10.9 Å². The first-order chi connectivity index (χ1) is 15.3. The molecule has 2 aromatic heterocycles. The summed E-state index contributed by atoms with van der Waals surface area (Å²) in [4.78, 5) is 32.9. The van der Waals surface area contributed by atoms with Crippen LogP contribution in [0.1, 0.15) is 21.6 Å². The van der Waals surface area contributed by atoms with Crippen molar-refractivity contribution in [1.29, 1.82) is 0 Å². The predicted molar refractivity (Wildman–Crippen MR) is 112 cm³/mol. The van der Waals surface area contributed by atoms with Gasteiger partial charge in [0, 0.05) is 28.7 Å². The maximum Gasteiger partial charge on any atom is 0.432 e. The number of Topliss-reactive ketones (excluding diaryl/α,β-unsaturated/α-hetero) is 1. The van der Waals surface area contributed by atoms with E-state index in [0.717, 1.165) is 10.9 Å². The Hall–Kier alpha value is -3.72. The number of hydrogen-bond donors (Lipinski definition) is 1. The normalized spacial score (nSPS) is 11.5. The zero-order chi connectivity index (χ0) is 22.9. The zero-order valence-corrected chi connectivity index (χ0v) is 17.0. The van der Waals surface area contributed by atoms with Crippen LogP contribution < -0.4 is 5.32 Å². The number of halogens is 4. The van der Waals surface area contributed by atoms with Crippen LogP contribution in [-0.2, 0) is 17.5 Å². The Morgan fingerprint density at radius 2 is 1.75 bits per heavy atom. The van der Waals surface area contributed by atoms with Gasteiger partial charge >= 0.3 is 6.18 Å². The molecule has 0 aliphatic rings. The van der Waals surface area contributed by atoms with Crippen molar-refractivity contribution in [2.45, 2.75) is 12.7 Å².